The molecule has 1 aromatic heterocycles. The number of nitrogens with zero attached hydrogens (tertiary/aromatic N) is 2. The number of hydrogen-bond donors (Lipinski definition) is 1. The molecule has 0 unspecified atom stereocenters. The number of hydrogen-bond acceptors (Lipinski definition) is 6. The number of ether oxygens (including phenoxy) is 2. The molecule has 3 rings (SSSR count). The second-order valence-electron chi connectivity index (χ2n) is 6.41. The maximum atomic E-state index is 13.0. The fourth-order valence-electron chi connectivity index (χ4n) is 2.98. The first kappa shape index (κ1) is 19.2. The molecular formula is C18H20FN3O4S. The highest BCUT2D eigenvalue weighted by Gasteiger charge is 2.41. The molecule has 9 heteroatoms. The molecule has 7 nitrogen and oxygen atoms in total. The molecule has 0 spiro atoms. The number of aryl methyl sites for hydroxylation is 1. The molecule has 2 aromatic rings. The van der Waals surface area contributed by atoms with E-state index >= 15 is 0 Å². The lowest BCUT2D eigenvalue weighted by Gasteiger charge is -2.41. The molecule has 1 atom stereocenters. The predicted molar refractivity (Wildman–Crippen MR) is 97.1 cm³/mol. The van der Waals surface area contributed by atoms with Crippen LogP contribution >= 0.6 is 11.3 Å². The summed E-state index contributed by atoms with van der Waals surface area (Å²) >= 11 is 1.28. The number of primary amides is 1. The molecular weight excluding hydrogens is 373 g/mol. The van der Waals surface area contributed by atoms with Crippen LogP contribution in [0.1, 0.15) is 21.8 Å². The Balaban J connectivity index is 1.76. The van der Waals surface area contributed by atoms with E-state index in [2.05, 4.69) is 4.98 Å². The van der Waals surface area contributed by atoms with E-state index in [1.54, 1.807) is 17.3 Å². The van der Waals surface area contributed by atoms with Crippen LogP contribution in [0.4, 0.5) is 4.39 Å². The van der Waals surface area contributed by atoms with Crippen molar-refractivity contribution >= 4 is 23.2 Å². The molecule has 144 valence electrons. The van der Waals surface area contributed by atoms with Gasteiger partial charge in [-0.3, -0.25) is 9.59 Å². The highest BCUT2D eigenvalue weighted by molar-refractivity contribution is 7.11. The van der Waals surface area contributed by atoms with Gasteiger partial charge in [-0.05, 0) is 31.2 Å². The topological polar surface area (TPSA) is 94.8 Å². The van der Waals surface area contributed by atoms with Crippen molar-refractivity contribution in [2.24, 2.45) is 5.73 Å². The van der Waals surface area contributed by atoms with Gasteiger partial charge in [0.05, 0.1) is 30.8 Å². The molecule has 2 N–H and O–H groups in total. The van der Waals surface area contributed by atoms with Gasteiger partial charge >= 0.3 is 0 Å². The largest absolute Gasteiger partial charge is 0.490 e. The SMILES string of the molecule is Cc1ncsc1C(=O)N1CCO[C@@](COc2ccc(F)cc2)(CC(N)=O)C1. The van der Waals surface area contributed by atoms with Crippen LogP contribution in [0, 0.1) is 12.7 Å². The van der Waals surface area contributed by atoms with Gasteiger partial charge in [0, 0.05) is 6.54 Å². The van der Waals surface area contributed by atoms with Gasteiger partial charge in [-0.25, -0.2) is 9.37 Å². The summed E-state index contributed by atoms with van der Waals surface area (Å²) in [6.07, 6.45) is -0.0976. The number of thiazole rings is 1. The molecule has 27 heavy (non-hydrogen) atoms. The third kappa shape index (κ3) is 4.61. The van der Waals surface area contributed by atoms with E-state index < -0.39 is 11.5 Å². The van der Waals surface area contributed by atoms with E-state index in [0.717, 1.165) is 0 Å². The minimum Gasteiger partial charge on any atom is -0.490 e. The zero-order chi connectivity index (χ0) is 19.4. The Kier molecular flexibility index (Phi) is 5.71. The first-order valence-corrected chi connectivity index (χ1v) is 9.26. The minimum atomic E-state index is -1.06. The van der Waals surface area contributed by atoms with Gasteiger partial charge in [0.25, 0.3) is 5.91 Å². The smallest absolute Gasteiger partial charge is 0.266 e. The standard InChI is InChI=1S/C18H20FN3O4S/c1-12-16(27-11-21-12)17(24)22-6-7-26-18(9-22,8-15(20)23)10-25-14-4-2-13(19)3-5-14/h2-5,11H,6-10H2,1H3,(H2,20,23)/t18-/m0/s1. The van der Waals surface area contributed by atoms with Crippen molar-refractivity contribution < 1.29 is 23.5 Å². The normalized spacial score (nSPS) is 19.7. The third-order valence-corrected chi connectivity index (χ3v) is 5.20. The fraction of sp³-hybridized carbons (Fsp3) is 0.389. The summed E-state index contributed by atoms with van der Waals surface area (Å²) in [6.45, 7) is 2.59. The average molecular weight is 393 g/mol. The van der Waals surface area contributed by atoms with Crippen molar-refractivity contribution in [2.45, 2.75) is 18.9 Å². The second-order valence-corrected chi connectivity index (χ2v) is 7.27. The van der Waals surface area contributed by atoms with Crippen LogP contribution in [0.2, 0.25) is 0 Å². The highest BCUT2D eigenvalue weighted by atomic mass is 32.1. The van der Waals surface area contributed by atoms with Crippen molar-refractivity contribution in [2.75, 3.05) is 26.3 Å². The van der Waals surface area contributed by atoms with E-state index in [-0.39, 0.29) is 37.9 Å². The molecule has 1 fully saturated rings. The van der Waals surface area contributed by atoms with Crippen LogP contribution < -0.4 is 10.5 Å². The average Bonchev–Trinajstić information content (AvgIpc) is 3.06. The minimum absolute atomic E-state index is 0.00697. The number of amides is 2. The number of carbonyl (C=O) groups excluding carboxylic acids is 2. The summed E-state index contributed by atoms with van der Waals surface area (Å²) in [6, 6.07) is 5.53. The first-order chi connectivity index (χ1) is 12.9. The third-order valence-electron chi connectivity index (χ3n) is 4.29. The fourth-order valence-corrected chi connectivity index (χ4v) is 3.75. The number of benzene rings is 1. The Labute approximate surface area is 159 Å². The van der Waals surface area contributed by atoms with E-state index in [4.69, 9.17) is 15.2 Å². The molecule has 2 heterocycles. The van der Waals surface area contributed by atoms with E-state index in [9.17, 15) is 14.0 Å². The Hall–Kier alpha value is -2.52. The van der Waals surface area contributed by atoms with Crippen LogP contribution in [-0.2, 0) is 9.53 Å². The molecule has 0 aliphatic carbocycles. The number of rotatable bonds is 6. The van der Waals surface area contributed by atoms with E-state index in [1.807, 2.05) is 0 Å². The summed E-state index contributed by atoms with van der Waals surface area (Å²) in [5.74, 6) is -0.652. The van der Waals surface area contributed by atoms with Crippen molar-refractivity contribution in [1.29, 1.82) is 0 Å². The Morgan fingerprint density at radius 2 is 2.15 bits per heavy atom. The number of morpholine rings is 1. The molecule has 2 amide bonds. The van der Waals surface area contributed by atoms with Gasteiger partial charge in [0.1, 0.15) is 28.7 Å². The van der Waals surface area contributed by atoms with Crippen LogP contribution in [0.5, 0.6) is 5.75 Å². The molecule has 1 aliphatic rings. The maximum Gasteiger partial charge on any atom is 0.266 e. The quantitative estimate of drug-likeness (QED) is 0.807. The van der Waals surface area contributed by atoms with Crippen molar-refractivity contribution in [3.05, 3.63) is 46.2 Å². The van der Waals surface area contributed by atoms with Crippen molar-refractivity contribution in [3.63, 3.8) is 0 Å². The number of aromatic nitrogens is 1. The summed E-state index contributed by atoms with van der Waals surface area (Å²) in [5, 5.41) is 0. The maximum absolute atomic E-state index is 13.0. The number of halogens is 1. The van der Waals surface area contributed by atoms with Gasteiger partial charge in [0.2, 0.25) is 5.91 Å². The lowest BCUT2D eigenvalue weighted by molar-refractivity contribution is -0.142. The van der Waals surface area contributed by atoms with Gasteiger partial charge in [-0.2, -0.15) is 0 Å². The molecule has 0 bridgehead atoms. The van der Waals surface area contributed by atoms with E-state index in [0.29, 0.717) is 22.9 Å². The zero-order valence-corrected chi connectivity index (χ0v) is 15.6. The number of nitrogens with two attached hydrogens (primary N) is 1. The van der Waals surface area contributed by atoms with Crippen LogP contribution in [-0.4, -0.2) is 53.6 Å². The van der Waals surface area contributed by atoms with Gasteiger partial charge < -0.3 is 20.1 Å². The molecule has 1 aromatic carbocycles. The molecule has 0 radical (unpaired) electrons. The Morgan fingerprint density at radius 1 is 1.41 bits per heavy atom. The molecule has 1 saturated heterocycles. The summed E-state index contributed by atoms with van der Waals surface area (Å²) in [4.78, 5) is 30.7. The highest BCUT2D eigenvalue weighted by Crippen LogP contribution is 2.26. The van der Waals surface area contributed by atoms with Crippen LogP contribution in [0.3, 0.4) is 0 Å². The second kappa shape index (κ2) is 8.01. The van der Waals surface area contributed by atoms with E-state index in [1.165, 1.54) is 35.6 Å². The first-order valence-electron chi connectivity index (χ1n) is 8.38. The van der Waals surface area contributed by atoms with Crippen LogP contribution in [0.15, 0.2) is 29.8 Å². The molecule has 0 saturated carbocycles. The van der Waals surface area contributed by atoms with Gasteiger partial charge in [0.15, 0.2) is 0 Å². The lowest BCUT2D eigenvalue weighted by atomic mass is 9.97. The predicted octanol–water partition coefficient (Wildman–Crippen LogP) is 1.76. The Morgan fingerprint density at radius 3 is 2.78 bits per heavy atom. The summed E-state index contributed by atoms with van der Waals surface area (Å²) in [5.41, 5.74) is 6.63. The van der Waals surface area contributed by atoms with Gasteiger partial charge in [-0.1, -0.05) is 0 Å². The summed E-state index contributed by atoms with van der Waals surface area (Å²) < 4.78 is 24.6. The van der Waals surface area contributed by atoms with Gasteiger partial charge in [-0.15, -0.1) is 11.3 Å². The van der Waals surface area contributed by atoms with Crippen LogP contribution in [0.25, 0.3) is 0 Å². The summed E-state index contributed by atoms with van der Waals surface area (Å²) in [7, 11) is 0. The monoisotopic (exact) mass is 393 g/mol. The molecule has 1 aliphatic heterocycles. The lowest BCUT2D eigenvalue weighted by Crippen LogP contribution is -2.58. The van der Waals surface area contributed by atoms with Crippen molar-refractivity contribution in [1.82, 2.24) is 9.88 Å². The number of carbonyl (C=O) groups is 2. The van der Waals surface area contributed by atoms with Crippen molar-refractivity contribution in [3.8, 4) is 5.75 Å². The zero-order valence-electron chi connectivity index (χ0n) is 14.8. The Bertz CT molecular complexity index is 826.